The maximum absolute atomic E-state index is 10.8. The second-order valence-corrected chi connectivity index (χ2v) is 4.25. The van der Waals surface area contributed by atoms with Gasteiger partial charge in [0.15, 0.2) is 11.9 Å². The van der Waals surface area contributed by atoms with Crippen molar-refractivity contribution in [2.45, 2.75) is 19.4 Å². The van der Waals surface area contributed by atoms with Gasteiger partial charge in [0, 0.05) is 10.5 Å². The third-order valence-corrected chi connectivity index (χ3v) is 2.60. The van der Waals surface area contributed by atoms with Crippen LogP contribution in [0.15, 0.2) is 22.7 Å². The van der Waals surface area contributed by atoms with Gasteiger partial charge in [-0.05, 0) is 18.6 Å². The van der Waals surface area contributed by atoms with E-state index in [9.17, 15) is 10.1 Å². The Morgan fingerprint density at radius 2 is 2.35 bits per heavy atom. The first-order valence-electron chi connectivity index (χ1n) is 4.90. The van der Waals surface area contributed by atoms with E-state index in [0.717, 1.165) is 0 Å². The SMILES string of the molecule is CCC(Oc1ccc(Br)cc1[N+](=O)[O-])C(=N)N. The summed E-state index contributed by atoms with van der Waals surface area (Å²) < 4.78 is 5.95. The Hall–Kier alpha value is -1.63. The quantitative estimate of drug-likeness (QED) is 0.377. The van der Waals surface area contributed by atoms with E-state index in [1.165, 1.54) is 12.1 Å². The predicted molar refractivity (Wildman–Crippen MR) is 67.4 cm³/mol. The number of nitrogens with two attached hydrogens (primary N) is 1. The van der Waals surface area contributed by atoms with Crippen LogP contribution in [-0.2, 0) is 0 Å². The number of benzene rings is 1. The lowest BCUT2D eigenvalue weighted by Gasteiger charge is -2.15. The van der Waals surface area contributed by atoms with E-state index in [1.807, 2.05) is 0 Å². The molecule has 3 N–H and O–H groups in total. The van der Waals surface area contributed by atoms with Crippen molar-refractivity contribution in [3.8, 4) is 5.75 Å². The summed E-state index contributed by atoms with van der Waals surface area (Å²) in [5.74, 6) is -0.0371. The van der Waals surface area contributed by atoms with Crippen molar-refractivity contribution in [1.82, 2.24) is 0 Å². The van der Waals surface area contributed by atoms with Crippen LogP contribution in [0.3, 0.4) is 0 Å². The summed E-state index contributed by atoms with van der Waals surface area (Å²) in [5.41, 5.74) is 5.18. The summed E-state index contributed by atoms with van der Waals surface area (Å²) in [6.07, 6.45) is -0.169. The molecule has 1 unspecified atom stereocenters. The maximum atomic E-state index is 10.8. The van der Waals surface area contributed by atoms with E-state index < -0.39 is 11.0 Å². The summed E-state index contributed by atoms with van der Waals surface area (Å²) in [6.45, 7) is 1.79. The summed E-state index contributed by atoms with van der Waals surface area (Å²) >= 11 is 3.15. The molecule has 92 valence electrons. The molecule has 0 aliphatic carbocycles. The standard InChI is InChI=1S/C10H12BrN3O3/c1-2-8(10(12)13)17-9-4-3-6(11)5-7(9)14(15)16/h3-5,8H,2H2,1H3,(H3,12,13). The predicted octanol–water partition coefficient (Wildman–Crippen LogP) is 2.45. The molecule has 0 bridgehead atoms. The monoisotopic (exact) mass is 301 g/mol. The van der Waals surface area contributed by atoms with Gasteiger partial charge >= 0.3 is 5.69 Å². The largest absolute Gasteiger partial charge is 0.475 e. The molecular formula is C10H12BrN3O3. The molecule has 1 rings (SSSR count). The molecule has 17 heavy (non-hydrogen) atoms. The fraction of sp³-hybridized carbons (Fsp3) is 0.300. The Balaban J connectivity index is 3.05. The van der Waals surface area contributed by atoms with E-state index >= 15 is 0 Å². The normalized spacial score (nSPS) is 11.9. The highest BCUT2D eigenvalue weighted by atomic mass is 79.9. The van der Waals surface area contributed by atoms with Gasteiger partial charge in [-0.15, -0.1) is 0 Å². The summed E-state index contributed by atoms with van der Waals surface area (Å²) in [5, 5.41) is 18.1. The summed E-state index contributed by atoms with van der Waals surface area (Å²) in [6, 6.07) is 4.46. The third-order valence-electron chi connectivity index (χ3n) is 2.10. The van der Waals surface area contributed by atoms with Crippen LogP contribution in [0.4, 0.5) is 5.69 Å². The number of ether oxygens (including phenoxy) is 1. The lowest BCUT2D eigenvalue weighted by Crippen LogP contribution is -2.32. The minimum atomic E-state index is -0.644. The first-order valence-corrected chi connectivity index (χ1v) is 5.69. The van der Waals surface area contributed by atoms with Crippen LogP contribution in [0.1, 0.15) is 13.3 Å². The minimum absolute atomic E-state index is 0.111. The minimum Gasteiger partial charge on any atom is -0.475 e. The van der Waals surface area contributed by atoms with E-state index in [-0.39, 0.29) is 17.3 Å². The van der Waals surface area contributed by atoms with Crippen LogP contribution in [0.25, 0.3) is 0 Å². The zero-order valence-corrected chi connectivity index (χ0v) is 10.7. The summed E-state index contributed by atoms with van der Waals surface area (Å²) in [4.78, 5) is 10.3. The molecule has 0 aromatic heterocycles. The maximum Gasteiger partial charge on any atom is 0.312 e. The summed E-state index contributed by atoms with van der Waals surface area (Å²) in [7, 11) is 0. The highest BCUT2D eigenvalue weighted by Crippen LogP contribution is 2.31. The van der Waals surface area contributed by atoms with Crippen LogP contribution in [0.5, 0.6) is 5.75 Å². The number of nitro benzene ring substituents is 1. The third kappa shape index (κ3) is 3.42. The highest BCUT2D eigenvalue weighted by molar-refractivity contribution is 9.10. The number of rotatable bonds is 5. The van der Waals surface area contributed by atoms with Crippen molar-refractivity contribution in [2.24, 2.45) is 5.73 Å². The molecule has 1 atom stereocenters. The van der Waals surface area contributed by atoms with E-state index in [4.69, 9.17) is 15.9 Å². The Morgan fingerprint density at radius 3 is 2.82 bits per heavy atom. The van der Waals surface area contributed by atoms with Crippen molar-refractivity contribution in [3.05, 3.63) is 32.8 Å². The fourth-order valence-corrected chi connectivity index (χ4v) is 1.60. The molecular weight excluding hydrogens is 290 g/mol. The fourth-order valence-electron chi connectivity index (χ4n) is 1.25. The Morgan fingerprint density at radius 1 is 1.71 bits per heavy atom. The molecule has 1 aromatic rings. The van der Waals surface area contributed by atoms with Gasteiger partial charge in [-0.2, -0.15) is 0 Å². The Labute approximate surface area is 107 Å². The average molecular weight is 302 g/mol. The van der Waals surface area contributed by atoms with Gasteiger partial charge in [0.05, 0.1) is 4.92 Å². The van der Waals surface area contributed by atoms with Crippen LogP contribution in [0, 0.1) is 15.5 Å². The molecule has 0 heterocycles. The average Bonchev–Trinajstić information content (AvgIpc) is 2.26. The van der Waals surface area contributed by atoms with Crippen molar-refractivity contribution in [1.29, 1.82) is 5.41 Å². The number of nitro groups is 1. The van der Waals surface area contributed by atoms with Gasteiger partial charge in [-0.1, -0.05) is 22.9 Å². The van der Waals surface area contributed by atoms with Gasteiger partial charge < -0.3 is 10.5 Å². The topological polar surface area (TPSA) is 102 Å². The number of hydrogen-bond acceptors (Lipinski definition) is 4. The second kappa shape index (κ2) is 5.62. The van der Waals surface area contributed by atoms with Gasteiger partial charge in [-0.25, -0.2) is 0 Å². The number of hydrogen-bond donors (Lipinski definition) is 2. The van der Waals surface area contributed by atoms with Crippen LogP contribution >= 0.6 is 15.9 Å². The number of nitrogens with one attached hydrogen (secondary N) is 1. The van der Waals surface area contributed by atoms with Crippen molar-refractivity contribution in [3.63, 3.8) is 0 Å². The van der Waals surface area contributed by atoms with Crippen LogP contribution < -0.4 is 10.5 Å². The molecule has 0 spiro atoms. The highest BCUT2D eigenvalue weighted by Gasteiger charge is 2.20. The van der Waals surface area contributed by atoms with Crippen LogP contribution in [0.2, 0.25) is 0 Å². The van der Waals surface area contributed by atoms with Crippen LogP contribution in [-0.4, -0.2) is 16.9 Å². The van der Waals surface area contributed by atoms with Gasteiger partial charge in [0.25, 0.3) is 0 Å². The van der Waals surface area contributed by atoms with Crippen molar-refractivity contribution in [2.75, 3.05) is 0 Å². The smallest absolute Gasteiger partial charge is 0.312 e. The van der Waals surface area contributed by atoms with Gasteiger partial charge in [-0.3, -0.25) is 15.5 Å². The molecule has 0 fully saturated rings. The first-order chi connectivity index (χ1) is 7.95. The van der Waals surface area contributed by atoms with Crippen molar-refractivity contribution < 1.29 is 9.66 Å². The molecule has 0 saturated heterocycles. The molecule has 0 radical (unpaired) electrons. The molecule has 1 aromatic carbocycles. The second-order valence-electron chi connectivity index (χ2n) is 3.34. The molecule has 6 nitrogen and oxygen atoms in total. The zero-order chi connectivity index (χ0) is 13.0. The first kappa shape index (κ1) is 13.4. The van der Waals surface area contributed by atoms with E-state index in [2.05, 4.69) is 15.9 Å². The lowest BCUT2D eigenvalue weighted by atomic mass is 10.2. The van der Waals surface area contributed by atoms with E-state index in [1.54, 1.807) is 13.0 Å². The molecule has 0 aliphatic rings. The number of nitrogens with zero attached hydrogens (tertiary/aromatic N) is 1. The Bertz CT molecular complexity index is 450. The molecule has 0 aliphatic heterocycles. The molecule has 0 saturated carbocycles. The Kier molecular flexibility index (Phi) is 4.45. The zero-order valence-electron chi connectivity index (χ0n) is 9.14. The van der Waals surface area contributed by atoms with Gasteiger partial charge in [0.1, 0.15) is 5.84 Å². The number of amidine groups is 1. The molecule has 0 amide bonds. The van der Waals surface area contributed by atoms with E-state index in [0.29, 0.717) is 10.9 Å². The number of halogens is 1. The molecule has 7 heteroatoms. The lowest BCUT2D eigenvalue weighted by molar-refractivity contribution is -0.386. The van der Waals surface area contributed by atoms with Gasteiger partial charge in [0.2, 0.25) is 0 Å². The van der Waals surface area contributed by atoms with Crippen molar-refractivity contribution >= 4 is 27.5 Å².